The van der Waals surface area contributed by atoms with Crippen molar-refractivity contribution in [3.05, 3.63) is 53.6 Å². The van der Waals surface area contributed by atoms with E-state index in [4.69, 9.17) is 10.00 Å². The minimum absolute atomic E-state index is 0.0530. The van der Waals surface area contributed by atoms with Crippen LogP contribution in [0.2, 0.25) is 0 Å². The number of benzene rings is 2. The van der Waals surface area contributed by atoms with Crippen LogP contribution in [0, 0.1) is 23.0 Å². The van der Waals surface area contributed by atoms with Gasteiger partial charge in [-0.1, -0.05) is 6.07 Å². The smallest absolute Gasteiger partial charge is 0.151 e. The Balaban J connectivity index is 2.48. The first-order valence-electron chi connectivity index (χ1n) is 5.83. The summed E-state index contributed by atoms with van der Waals surface area (Å²) in [7, 11) is 3.06. The molecule has 0 spiro atoms. The fourth-order valence-electron chi connectivity index (χ4n) is 1.90. The number of nitrogens with zero attached hydrogens (tertiary/aromatic N) is 2. The zero-order valence-corrected chi connectivity index (χ0v) is 11.0. The van der Waals surface area contributed by atoms with E-state index in [1.165, 1.54) is 12.0 Å². The summed E-state index contributed by atoms with van der Waals surface area (Å²) in [6, 6.07) is 10.6. The number of anilines is 2. The average Bonchev–Trinajstić information content (AvgIpc) is 2.46. The molecule has 0 heterocycles. The molecule has 2 aromatic rings. The van der Waals surface area contributed by atoms with Gasteiger partial charge in [0.1, 0.15) is 11.4 Å². The molecule has 2 aromatic carbocycles. The third kappa shape index (κ3) is 2.54. The van der Waals surface area contributed by atoms with Gasteiger partial charge in [0.05, 0.1) is 18.7 Å². The maximum absolute atomic E-state index is 14.0. The molecule has 0 saturated heterocycles. The third-order valence-corrected chi connectivity index (χ3v) is 2.92. The van der Waals surface area contributed by atoms with Crippen LogP contribution in [0.1, 0.15) is 5.56 Å². The van der Waals surface area contributed by atoms with Crippen molar-refractivity contribution in [2.45, 2.75) is 0 Å². The zero-order valence-electron chi connectivity index (χ0n) is 11.0. The molecule has 5 heteroatoms. The lowest BCUT2D eigenvalue weighted by Crippen LogP contribution is -2.13. The molecular weight excluding hydrogens is 262 g/mol. The van der Waals surface area contributed by atoms with Crippen LogP contribution in [0.3, 0.4) is 0 Å². The number of hydrogen-bond acceptors (Lipinski definition) is 3. The van der Waals surface area contributed by atoms with E-state index in [9.17, 15) is 8.78 Å². The second kappa shape index (κ2) is 5.57. The molecule has 0 fully saturated rings. The molecule has 0 aliphatic carbocycles. The van der Waals surface area contributed by atoms with Gasteiger partial charge in [0.2, 0.25) is 0 Å². The van der Waals surface area contributed by atoms with Crippen LogP contribution in [0.4, 0.5) is 20.2 Å². The topological polar surface area (TPSA) is 36.3 Å². The predicted molar refractivity (Wildman–Crippen MR) is 72.1 cm³/mol. The maximum atomic E-state index is 14.0. The number of methoxy groups -OCH3 is 1. The van der Waals surface area contributed by atoms with Gasteiger partial charge in [0.15, 0.2) is 11.6 Å². The molecule has 3 nitrogen and oxygen atoms in total. The fraction of sp³-hybridized carbons (Fsp3) is 0.133. The van der Waals surface area contributed by atoms with E-state index in [1.807, 2.05) is 0 Å². The van der Waals surface area contributed by atoms with Crippen molar-refractivity contribution in [2.24, 2.45) is 0 Å². The summed E-state index contributed by atoms with van der Waals surface area (Å²) in [6.45, 7) is 0. The fourth-order valence-corrected chi connectivity index (χ4v) is 1.90. The SMILES string of the molecule is COc1cccc(N(C)c2c(F)cc(C#N)cc2F)c1. The van der Waals surface area contributed by atoms with E-state index < -0.39 is 11.6 Å². The van der Waals surface area contributed by atoms with Crippen molar-refractivity contribution in [3.63, 3.8) is 0 Å². The highest BCUT2D eigenvalue weighted by Gasteiger charge is 2.17. The van der Waals surface area contributed by atoms with Crippen LogP contribution in [0.15, 0.2) is 36.4 Å². The number of halogens is 2. The first-order valence-corrected chi connectivity index (χ1v) is 5.83. The van der Waals surface area contributed by atoms with Gasteiger partial charge < -0.3 is 9.64 Å². The summed E-state index contributed by atoms with van der Waals surface area (Å²) in [5, 5.41) is 8.69. The Morgan fingerprint density at radius 2 is 1.80 bits per heavy atom. The minimum atomic E-state index is -0.785. The van der Waals surface area contributed by atoms with Gasteiger partial charge in [-0.15, -0.1) is 0 Å². The van der Waals surface area contributed by atoms with E-state index in [0.717, 1.165) is 12.1 Å². The van der Waals surface area contributed by atoms with Crippen molar-refractivity contribution in [3.8, 4) is 11.8 Å². The Morgan fingerprint density at radius 1 is 1.15 bits per heavy atom. The molecule has 0 amide bonds. The van der Waals surface area contributed by atoms with Crippen LogP contribution >= 0.6 is 0 Å². The molecule has 0 aromatic heterocycles. The van der Waals surface area contributed by atoms with Crippen LogP contribution < -0.4 is 9.64 Å². The molecule has 0 radical (unpaired) electrons. The van der Waals surface area contributed by atoms with Crippen LogP contribution in [0.25, 0.3) is 0 Å². The minimum Gasteiger partial charge on any atom is -0.497 e. The predicted octanol–water partition coefficient (Wildman–Crippen LogP) is 3.61. The van der Waals surface area contributed by atoms with E-state index in [1.54, 1.807) is 37.4 Å². The number of rotatable bonds is 3. The van der Waals surface area contributed by atoms with Gasteiger partial charge in [-0.05, 0) is 24.3 Å². The number of hydrogen-bond donors (Lipinski definition) is 0. The molecule has 0 atom stereocenters. The van der Waals surface area contributed by atoms with Gasteiger partial charge >= 0.3 is 0 Å². The summed E-state index contributed by atoms with van der Waals surface area (Å²) < 4.78 is 33.0. The molecule has 0 aliphatic rings. The molecule has 20 heavy (non-hydrogen) atoms. The zero-order chi connectivity index (χ0) is 14.7. The molecule has 0 aliphatic heterocycles. The van der Waals surface area contributed by atoms with Crippen molar-refractivity contribution >= 4 is 11.4 Å². The summed E-state index contributed by atoms with van der Waals surface area (Å²) in [4.78, 5) is 1.37. The highest BCUT2D eigenvalue weighted by atomic mass is 19.1. The third-order valence-electron chi connectivity index (χ3n) is 2.92. The lowest BCUT2D eigenvalue weighted by Gasteiger charge is -2.21. The molecule has 0 N–H and O–H groups in total. The highest BCUT2D eigenvalue weighted by Crippen LogP contribution is 2.31. The van der Waals surface area contributed by atoms with Gasteiger partial charge in [-0.25, -0.2) is 8.78 Å². The lowest BCUT2D eigenvalue weighted by atomic mass is 10.1. The van der Waals surface area contributed by atoms with Crippen molar-refractivity contribution in [1.29, 1.82) is 5.26 Å². The first kappa shape index (κ1) is 13.8. The van der Waals surface area contributed by atoms with Gasteiger partial charge in [0.25, 0.3) is 0 Å². The van der Waals surface area contributed by atoms with E-state index in [2.05, 4.69) is 0 Å². The van der Waals surface area contributed by atoms with Gasteiger partial charge in [-0.2, -0.15) is 5.26 Å². The molecule has 2 rings (SSSR count). The van der Waals surface area contributed by atoms with Crippen LogP contribution in [-0.4, -0.2) is 14.2 Å². The van der Waals surface area contributed by atoms with E-state index in [-0.39, 0.29) is 11.3 Å². The number of ether oxygens (including phenoxy) is 1. The molecule has 0 bridgehead atoms. The first-order chi connectivity index (χ1) is 9.56. The molecular formula is C15H12F2N2O. The van der Waals surface area contributed by atoms with Crippen molar-refractivity contribution in [1.82, 2.24) is 0 Å². The second-order valence-electron chi connectivity index (χ2n) is 4.16. The molecule has 0 unspecified atom stereocenters. The van der Waals surface area contributed by atoms with Gasteiger partial charge in [0, 0.05) is 18.8 Å². The Hall–Kier alpha value is -2.61. The lowest BCUT2D eigenvalue weighted by molar-refractivity contribution is 0.415. The quantitative estimate of drug-likeness (QED) is 0.857. The van der Waals surface area contributed by atoms with Crippen molar-refractivity contribution in [2.75, 3.05) is 19.1 Å². The average molecular weight is 274 g/mol. The van der Waals surface area contributed by atoms with Crippen LogP contribution in [-0.2, 0) is 0 Å². The second-order valence-corrected chi connectivity index (χ2v) is 4.16. The highest BCUT2D eigenvalue weighted by molar-refractivity contribution is 5.65. The summed E-state index contributed by atoms with van der Waals surface area (Å²) in [6.07, 6.45) is 0. The summed E-state index contributed by atoms with van der Waals surface area (Å²) in [5.74, 6) is -0.984. The van der Waals surface area contributed by atoms with Crippen molar-refractivity contribution < 1.29 is 13.5 Å². The summed E-state index contributed by atoms with van der Waals surface area (Å²) >= 11 is 0. The Kier molecular flexibility index (Phi) is 3.85. The molecule has 0 saturated carbocycles. The largest absolute Gasteiger partial charge is 0.497 e. The standard InChI is InChI=1S/C15H12F2N2O/c1-19(11-4-3-5-12(8-11)20-2)15-13(16)6-10(9-18)7-14(15)17/h3-8H,1-2H3. The van der Waals surface area contributed by atoms with Crippen LogP contribution in [0.5, 0.6) is 5.75 Å². The Morgan fingerprint density at radius 3 is 2.35 bits per heavy atom. The van der Waals surface area contributed by atoms with Gasteiger partial charge in [-0.3, -0.25) is 0 Å². The Labute approximate surface area is 115 Å². The number of nitriles is 1. The molecule has 102 valence electrons. The summed E-state index contributed by atoms with van der Waals surface area (Å²) in [5.41, 5.74) is 0.312. The van der Waals surface area contributed by atoms with E-state index in [0.29, 0.717) is 11.4 Å². The maximum Gasteiger partial charge on any atom is 0.151 e. The Bertz CT molecular complexity index is 657. The monoisotopic (exact) mass is 274 g/mol. The normalized spacial score (nSPS) is 9.95. The van der Waals surface area contributed by atoms with E-state index >= 15 is 0 Å².